The van der Waals surface area contributed by atoms with E-state index in [4.69, 9.17) is 9.84 Å². The number of carbonyl (C=O) groups is 1. The molecule has 8 rings (SSSR count). The van der Waals surface area contributed by atoms with Gasteiger partial charge in [-0.15, -0.1) is 22.7 Å². The summed E-state index contributed by atoms with van der Waals surface area (Å²) >= 11 is 2.96. The largest absolute Gasteiger partial charge is 0.465 e. The number of benzene rings is 2. The zero-order valence-corrected chi connectivity index (χ0v) is 27.1. The van der Waals surface area contributed by atoms with Crippen LogP contribution in [0.15, 0.2) is 139 Å². The molecule has 0 saturated heterocycles. The monoisotopic (exact) mass is 651 g/mol. The van der Waals surface area contributed by atoms with Crippen molar-refractivity contribution >= 4 is 34.3 Å². The highest BCUT2D eigenvalue weighted by Gasteiger charge is 2.44. The number of allylic oxidation sites excluding steroid dienone is 4. The van der Waals surface area contributed by atoms with Crippen molar-refractivity contribution in [1.82, 2.24) is 24.1 Å². The first-order chi connectivity index (χ1) is 23.2. The maximum Gasteiger partial charge on any atom is 0.348 e. The summed E-state index contributed by atoms with van der Waals surface area (Å²) in [6.45, 7) is 0. The summed E-state index contributed by atoms with van der Waals surface area (Å²) in [6.07, 6.45) is 17.5. The van der Waals surface area contributed by atoms with E-state index < -0.39 is 5.54 Å². The van der Waals surface area contributed by atoms with Gasteiger partial charge in [0.25, 0.3) is 0 Å². The number of pyridine rings is 1. The Morgan fingerprint density at radius 1 is 0.915 bits per heavy atom. The van der Waals surface area contributed by atoms with E-state index in [2.05, 4.69) is 122 Å². The Labute approximate surface area is 279 Å². The third-order valence-electron chi connectivity index (χ3n) is 8.71. The number of imidazole rings is 1. The van der Waals surface area contributed by atoms with Crippen LogP contribution in [0.1, 0.15) is 27.2 Å². The lowest BCUT2D eigenvalue weighted by Gasteiger charge is -2.41. The molecule has 0 spiro atoms. The van der Waals surface area contributed by atoms with E-state index in [0.717, 1.165) is 55.6 Å². The maximum atomic E-state index is 12.6. The molecule has 0 fully saturated rings. The van der Waals surface area contributed by atoms with Crippen molar-refractivity contribution in [2.45, 2.75) is 12.0 Å². The van der Waals surface area contributed by atoms with E-state index in [1.54, 1.807) is 11.3 Å². The van der Waals surface area contributed by atoms with Crippen LogP contribution in [0.2, 0.25) is 0 Å². The Morgan fingerprint density at radius 3 is 2.38 bits per heavy atom. The van der Waals surface area contributed by atoms with Crippen LogP contribution in [0, 0.1) is 5.92 Å². The average molecular weight is 652 g/mol. The molecule has 5 heterocycles. The van der Waals surface area contributed by atoms with Crippen molar-refractivity contribution in [3.8, 4) is 32.4 Å². The number of aromatic nitrogens is 5. The number of fused-ring (bicyclic) bond motifs is 1. The molecule has 230 valence electrons. The minimum Gasteiger partial charge on any atom is -0.465 e. The summed E-state index contributed by atoms with van der Waals surface area (Å²) in [5.74, 6) is -0.295. The van der Waals surface area contributed by atoms with Gasteiger partial charge in [-0.05, 0) is 41.8 Å². The number of nitrogens with zero attached hydrogens (tertiary/aromatic N) is 5. The number of rotatable bonds is 8. The minimum absolute atomic E-state index is 0.0690. The average Bonchev–Trinajstić information content (AvgIpc) is 3.96. The quantitative estimate of drug-likeness (QED) is 0.154. The highest BCUT2D eigenvalue weighted by Crippen LogP contribution is 2.46. The Bertz CT molecular complexity index is 2210. The molecule has 2 aromatic carbocycles. The van der Waals surface area contributed by atoms with Gasteiger partial charge in [0, 0.05) is 41.0 Å². The van der Waals surface area contributed by atoms with E-state index in [-0.39, 0.29) is 11.9 Å². The van der Waals surface area contributed by atoms with Crippen LogP contribution in [-0.2, 0) is 10.3 Å². The Morgan fingerprint density at radius 2 is 1.70 bits per heavy atom. The molecular formula is C38H29N5O2S2. The highest BCUT2D eigenvalue weighted by atomic mass is 32.1. The van der Waals surface area contributed by atoms with Crippen molar-refractivity contribution in [2.24, 2.45) is 5.92 Å². The third kappa shape index (κ3) is 4.95. The van der Waals surface area contributed by atoms with E-state index in [0.29, 0.717) is 4.88 Å². The lowest BCUT2D eigenvalue weighted by molar-refractivity contribution is 0.0606. The molecule has 0 aliphatic heterocycles. The Balaban J connectivity index is 1.41. The molecule has 47 heavy (non-hydrogen) atoms. The fourth-order valence-electron chi connectivity index (χ4n) is 6.58. The summed E-state index contributed by atoms with van der Waals surface area (Å²) in [5, 5.41) is 8.35. The summed E-state index contributed by atoms with van der Waals surface area (Å²) < 4.78 is 9.29. The van der Waals surface area contributed by atoms with Crippen LogP contribution in [0.3, 0.4) is 0 Å². The summed E-state index contributed by atoms with van der Waals surface area (Å²) in [4.78, 5) is 23.2. The van der Waals surface area contributed by atoms with Gasteiger partial charge in [-0.2, -0.15) is 5.10 Å². The van der Waals surface area contributed by atoms with Crippen LogP contribution in [0.4, 0.5) is 0 Å². The molecule has 0 bridgehead atoms. The molecule has 0 N–H and O–H groups in total. The minimum atomic E-state index is -0.676. The van der Waals surface area contributed by atoms with Gasteiger partial charge in [-0.25, -0.2) is 14.8 Å². The van der Waals surface area contributed by atoms with Gasteiger partial charge in [0.1, 0.15) is 32.5 Å². The van der Waals surface area contributed by atoms with E-state index in [1.807, 2.05) is 36.0 Å². The van der Waals surface area contributed by atoms with Crippen LogP contribution < -0.4 is 0 Å². The number of methoxy groups -OCH3 is 1. The second-order valence-corrected chi connectivity index (χ2v) is 13.3. The number of thiophene rings is 1. The Hall–Kier alpha value is -5.38. The molecule has 0 radical (unpaired) electrons. The molecule has 0 amide bonds. The standard InChI is InChI=1S/C38H29N5O2S2/c1-45-37(44)33-19-18-32(47-33)35-30(26-17-20-34-40-23-31(42(34)24-26)36-39-21-22-46-36)25-43(41-35)38(27-11-5-2-6-12-27,28-13-7-3-8-14-28)29-15-9-4-10-16-29/h2-15,17-25,29H,16H2,1H3. The van der Waals surface area contributed by atoms with E-state index in [1.165, 1.54) is 18.4 Å². The smallest absolute Gasteiger partial charge is 0.348 e. The summed E-state index contributed by atoms with van der Waals surface area (Å²) in [6, 6.07) is 29.1. The second-order valence-electron chi connectivity index (χ2n) is 11.3. The van der Waals surface area contributed by atoms with E-state index >= 15 is 0 Å². The number of esters is 1. The molecule has 1 aliphatic rings. The number of thiazole rings is 1. The normalized spacial score (nSPS) is 14.5. The van der Waals surface area contributed by atoms with Crippen LogP contribution in [0.25, 0.3) is 38.0 Å². The first kappa shape index (κ1) is 29.1. The first-order valence-corrected chi connectivity index (χ1v) is 17.0. The predicted molar refractivity (Wildman–Crippen MR) is 188 cm³/mol. The number of hydrogen-bond acceptors (Lipinski definition) is 7. The fraction of sp³-hybridized carbons (Fsp3) is 0.105. The molecular weight excluding hydrogens is 623 g/mol. The van der Waals surface area contributed by atoms with Gasteiger partial charge in [0.2, 0.25) is 0 Å². The van der Waals surface area contributed by atoms with Crippen molar-refractivity contribution < 1.29 is 9.53 Å². The van der Waals surface area contributed by atoms with Crippen molar-refractivity contribution in [1.29, 1.82) is 0 Å². The van der Waals surface area contributed by atoms with Crippen molar-refractivity contribution in [3.05, 3.63) is 155 Å². The van der Waals surface area contributed by atoms with Gasteiger partial charge in [0.15, 0.2) is 0 Å². The molecule has 1 unspecified atom stereocenters. The van der Waals surface area contributed by atoms with Crippen LogP contribution in [-0.4, -0.2) is 37.2 Å². The third-order valence-corrected chi connectivity index (χ3v) is 10.6. The van der Waals surface area contributed by atoms with Crippen LogP contribution >= 0.6 is 22.7 Å². The van der Waals surface area contributed by atoms with Gasteiger partial charge >= 0.3 is 5.97 Å². The molecule has 0 saturated carbocycles. The van der Waals surface area contributed by atoms with Crippen LogP contribution in [0.5, 0.6) is 0 Å². The molecule has 1 aliphatic carbocycles. The molecule has 9 heteroatoms. The zero-order valence-electron chi connectivity index (χ0n) is 25.4. The van der Waals surface area contributed by atoms with Gasteiger partial charge in [-0.1, -0.05) is 85.0 Å². The summed E-state index contributed by atoms with van der Waals surface area (Å²) in [5.41, 5.74) is 6.04. The summed E-state index contributed by atoms with van der Waals surface area (Å²) in [7, 11) is 1.41. The highest BCUT2D eigenvalue weighted by molar-refractivity contribution is 7.17. The fourth-order valence-corrected chi connectivity index (χ4v) is 8.14. The lowest BCUT2D eigenvalue weighted by Crippen LogP contribution is -2.43. The molecule has 7 aromatic rings. The molecule has 7 nitrogen and oxygen atoms in total. The topological polar surface area (TPSA) is 74.3 Å². The van der Waals surface area contributed by atoms with Crippen molar-refractivity contribution in [2.75, 3.05) is 7.11 Å². The van der Waals surface area contributed by atoms with Gasteiger partial charge in [-0.3, -0.25) is 9.08 Å². The van der Waals surface area contributed by atoms with Crippen molar-refractivity contribution in [3.63, 3.8) is 0 Å². The number of hydrogen-bond donors (Lipinski definition) is 0. The molecule has 5 aromatic heterocycles. The number of carbonyl (C=O) groups excluding carboxylic acids is 1. The maximum absolute atomic E-state index is 12.6. The lowest BCUT2D eigenvalue weighted by atomic mass is 9.70. The second kappa shape index (κ2) is 12.1. The zero-order chi connectivity index (χ0) is 31.8. The predicted octanol–water partition coefficient (Wildman–Crippen LogP) is 8.76. The van der Waals surface area contributed by atoms with Gasteiger partial charge < -0.3 is 4.74 Å². The SMILES string of the molecule is COC(=O)c1ccc(-c2nn(C(c3ccccc3)(c3ccccc3)C3C=CC=CC3)cc2-c2ccc3ncc(-c4nccs4)n3c2)s1. The Kier molecular flexibility index (Phi) is 7.47. The van der Waals surface area contributed by atoms with Gasteiger partial charge in [0.05, 0.1) is 18.2 Å². The molecule has 1 atom stereocenters. The number of ether oxygens (including phenoxy) is 1. The van der Waals surface area contributed by atoms with E-state index in [9.17, 15) is 4.79 Å². The first-order valence-electron chi connectivity index (χ1n) is 15.3.